The maximum atomic E-state index is 9.76. The highest BCUT2D eigenvalue weighted by Crippen LogP contribution is 1.99. The van der Waals surface area contributed by atoms with Crippen LogP contribution < -0.4 is 0 Å². The van der Waals surface area contributed by atoms with Crippen LogP contribution in [0.3, 0.4) is 0 Å². The van der Waals surface area contributed by atoms with E-state index in [9.17, 15) is 5.11 Å². The number of hydrogen-bond donors (Lipinski definition) is 0. The van der Waals surface area contributed by atoms with E-state index in [1.165, 1.54) is 0 Å². The largest absolute Gasteiger partial charge is 0.299 e. The second-order valence-corrected chi connectivity index (χ2v) is 1.94. The molecule has 0 heterocycles. The number of rotatable bonds is 5. The van der Waals surface area contributed by atoms with Crippen LogP contribution in [-0.2, 0) is 5.11 Å². The molecular formula is C8H13O. The molecule has 9 heavy (non-hydrogen) atoms. The highest BCUT2D eigenvalue weighted by molar-refractivity contribution is 4.72. The number of unbranched alkanes of at least 4 members (excludes halogenated alkanes) is 3. The van der Waals surface area contributed by atoms with Crippen LogP contribution in [0.2, 0.25) is 0 Å². The summed E-state index contributed by atoms with van der Waals surface area (Å²) in [5, 5.41) is 9.76. The third-order valence-electron chi connectivity index (χ3n) is 1.13. The quantitative estimate of drug-likeness (QED) is 0.306. The fourth-order valence-electron chi connectivity index (χ4n) is 0.619. The lowest BCUT2D eigenvalue weighted by Gasteiger charge is -1.89. The van der Waals surface area contributed by atoms with E-state index >= 15 is 0 Å². The van der Waals surface area contributed by atoms with E-state index in [2.05, 4.69) is 6.58 Å². The first kappa shape index (κ1) is 8.28. The molecule has 0 spiro atoms. The van der Waals surface area contributed by atoms with Gasteiger partial charge in [0.15, 0.2) is 0 Å². The van der Waals surface area contributed by atoms with Gasteiger partial charge in [-0.25, -0.2) is 0 Å². The first-order valence-electron chi connectivity index (χ1n) is 3.29. The Morgan fingerprint density at radius 1 is 1.22 bits per heavy atom. The summed E-state index contributed by atoms with van der Waals surface area (Å²) >= 11 is 0. The minimum atomic E-state index is 0.855. The molecule has 1 radical (unpaired) electrons. The van der Waals surface area contributed by atoms with Gasteiger partial charge < -0.3 is 0 Å². The van der Waals surface area contributed by atoms with E-state index in [1.54, 1.807) is 6.08 Å². The van der Waals surface area contributed by atoms with Gasteiger partial charge in [-0.15, -0.1) is 6.58 Å². The normalized spacial score (nSPS) is 10.2. The van der Waals surface area contributed by atoms with Crippen LogP contribution in [0.1, 0.15) is 25.7 Å². The number of hydrogen-bond acceptors (Lipinski definition) is 0. The Labute approximate surface area is 56.7 Å². The molecule has 0 unspecified atom stereocenters. The predicted octanol–water partition coefficient (Wildman–Crippen LogP) is 2.68. The van der Waals surface area contributed by atoms with Gasteiger partial charge in [0.05, 0.1) is 0 Å². The second-order valence-electron chi connectivity index (χ2n) is 1.94. The van der Waals surface area contributed by atoms with Crippen molar-refractivity contribution < 1.29 is 5.11 Å². The Balaban J connectivity index is 2.82. The highest BCUT2D eigenvalue weighted by atomic mass is 16.2. The Hall–Kier alpha value is -0.720. The van der Waals surface area contributed by atoms with E-state index in [4.69, 9.17) is 0 Å². The van der Waals surface area contributed by atoms with Gasteiger partial charge in [0.25, 0.3) is 0 Å². The summed E-state index contributed by atoms with van der Waals surface area (Å²) in [5.41, 5.74) is 0. The molecular weight excluding hydrogens is 112 g/mol. The first-order valence-corrected chi connectivity index (χ1v) is 3.29. The van der Waals surface area contributed by atoms with Crippen molar-refractivity contribution in [2.45, 2.75) is 25.7 Å². The number of allylic oxidation sites excluding steroid dienone is 2. The van der Waals surface area contributed by atoms with E-state index in [0.29, 0.717) is 0 Å². The van der Waals surface area contributed by atoms with Gasteiger partial charge in [0, 0.05) is 0 Å². The lowest BCUT2D eigenvalue weighted by molar-refractivity contribution is 0.349. The topological polar surface area (TPSA) is 19.9 Å². The second kappa shape index (κ2) is 7.28. The Bertz CT molecular complexity index is 84.6. The van der Waals surface area contributed by atoms with Crippen molar-refractivity contribution in [2.24, 2.45) is 0 Å². The molecule has 0 saturated carbocycles. The molecule has 0 aliphatic carbocycles. The SMILES string of the molecule is C=CCCCC/C=C/[O]. The van der Waals surface area contributed by atoms with Crippen LogP contribution in [0.25, 0.3) is 0 Å². The molecule has 0 rings (SSSR count). The van der Waals surface area contributed by atoms with Crippen molar-refractivity contribution in [3.05, 3.63) is 25.0 Å². The molecule has 1 heteroatoms. The standard InChI is InChI=1S/C8H13O/c1-2-3-4-5-6-7-8-9/h2,7-8H,1,3-6H2/b8-7+. The molecule has 0 aliphatic heterocycles. The Kier molecular flexibility index (Phi) is 6.70. The zero-order valence-corrected chi connectivity index (χ0v) is 5.68. The van der Waals surface area contributed by atoms with Crippen LogP contribution >= 0.6 is 0 Å². The predicted molar refractivity (Wildman–Crippen MR) is 38.5 cm³/mol. The average Bonchev–Trinajstić information content (AvgIpc) is 1.89. The van der Waals surface area contributed by atoms with Crippen molar-refractivity contribution in [1.29, 1.82) is 0 Å². The molecule has 51 valence electrons. The minimum Gasteiger partial charge on any atom is -0.299 e. The van der Waals surface area contributed by atoms with E-state index in [1.807, 2.05) is 6.08 Å². The summed E-state index contributed by atoms with van der Waals surface area (Å²) in [4.78, 5) is 0. The maximum absolute atomic E-state index is 9.76. The van der Waals surface area contributed by atoms with Crippen LogP contribution in [0.15, 0.2) is 25.0 Å². The van der Waals surface area contributed by atoms with E-state index in [-0.39, 0.29) is 0 Å². The summed E-state index contributed by atoms with van der Waals surface area (Å²) in [6.07, 6.45) is 8.64. The molecule has 0 N–H and O–H groups in total. The van der Waals surface area contributed by atoms with Crippen LogP contribution in [-0.4, -0.2) is 0 Å². The van der Waals surface area contributed by atoms with Crippen LogP contribution in [0.5, 0.6) is 0 Å². The summed E-state index contributed by atoms with van der Waals surface area (Å²) in [5.74, 6) is 0. The van der Waals surface area contributed by atoms with Crippen molar-refractivity contribution in [3.8, 4) is 0 Å². The molecule has 0 bridgehead atoms. The molecule has 1 nitrogen and oxygen atoms in total. The van der Waals surface area contributed by atoms with E-state index < -0.39 is 0 Å². The van der Waals surface area contributed by atoms with Gasteiger partial charge in [-0.2, -0.15) is 0 Å². The summed E-state index contributed by atoms with van der Waals surface area (Å²) in [6.45, 7) is 3.60. The fourth-order valence-corrected chi connectivity index (χ4v) is 0.619. The molecule has 0 aliphatic rings. The lowest BCUT2D eigenvalue weighted by Crippen LogP contribution is -1.70. The van der Waals surface area contributed by atoms with Crippen LogP contribution in [0, 0.1) is 0 Å². The first-order chi connectivity index (χ1) is 4.41. The molecule has 0 aromatic rings. The summed E-state index contributed by atoms with van der Waals surface area (Å²) < 4.78 is 0. The molecule has 0 aromatic carbocycles. The van der Waals surface area contributed by atoms with Crippen molar-refractivity contribution in [1.82, 2.24) is 0 Å². The van der Waals surface area contributed by atoms with Crippen molar-refractivity contribution in [2.75, 3.05) is 0 Å². The third-order valence-corrected chi connectivity index (χ3v) is 1.13. The lowest BCUT2D eigenvalue weighted by atomic mass is 10.2. The molecule has 0 amide bonds. The fraction of sp³-hybridized carbons (Fsp3) is 0.500. The van der Waals surface area contributed by atoms with E-state index in [0.717, 1.165) is 31.9 Å². The third kappa shape index (κ3) is 7.28. The van der Waals surface area contributed by atoms with Crippen molar-refractivity contribution >= 4 is 0 Å². The zero-order valence-electron chi connectivity index (χ0n) is 5.68. The molecule has 0 atom stereocenters. The maximum Gasteiger partial charge on any atom is 0.138 e. The van der Waals surface area contributed by atoms with Gasteiger partial charge in [-0.3, -0.25) is 5.11 Å². The van der Waals surface area contributed by atoms with Crippen LogP contribution in [0.4, 0.5) is 0 Å². The Morgan fingerprint density at radius 3 is 2.44 bits per heavy atom. The average molecular weight is 125 g/mol. The van der Waals surface area contributed by atoms with Gasteiger partial charge in [0.1, 0.15) is 6.26 Å². The highest BCUT2D eigenvalue weighted by Gasteiger charge is 1.81. The molecule has 0 aromatic heterocycles. The summed E-state index contributed by atoms with van der Waals surface area (Å²) in [6, 6.07) is 0. The molecule has 0 saturated heterocycles. The zero-order chi connectivity index (χ0) is 6.95. The van der Waals surface area contributed by atoms with Gasteiger partial charge in [-0.1, -0.05) is 6.08 Å². The summed E-state index contributed by atoms with van der Waals surface area (Å²) in [7, 11) is 0. The minimum absolute atomic E-state index is 0.855. The molecule has 0 fully saturated rings. The van der Waals surface area contributed by atoms with Crippen molar-refractivity contribution in [3.63, 3.8) is 0 Å². The Morgan fingerprint density at radius 2 is 1.89 bits per heavy atom. The monoisotopic (exact) mass is 125 g/mol. The van der Waals surface area contributed by atoms with Gasteiger partial charge >= 0.3 is 0 Å². The van der Waals surface area contributed by atoms with Gasteiger partial charge in [0.2, 0.25) is 0 Å². The van der Waals surface area contributed by atoms with Gasteiger partial charge in [-0.05, 0) is 31.8 Å². The smallest absolute Gasteiger partial charge is 0.138 e.